The second-order valence-electron chi connectivity index (χ2n) is 9.27. The quantitative estimate of drug-likeness (QED) is 0.297. The summed E-state index contributed by atoms with van der Waals surface area (Å²) in [7, 11) is 0. The van der Waals surface area contributed by atoms with Crippen LogP contribution < -0.4 is 11.5 Å². The van der Waals surface area contributed by atoms with E-state index in [2.05, 4.69) is 23.9 Å². The van der Waals surface area contributed by atoms with Gasteiger partial charge in [0.05, 0.1) is 32.0 Å². The number of thiophene rings is 1. The molecular weight excluding hydrogens is 505 g/mol. The first-order valence-electron chi connectivity index (χ1n) is 11.6. The number of amides is 1. The Hall–Kier alpha value is -2.52. The molecule has 184 valence electrons. The summed E-state index contributed by atoms with van der Waals surface area (Å²) in [6.07, 6.45) is 1.83. The number of piperidine rings is 1. The number of aromatic nitrogens is 2. The predicted molar refractivity (Wildman–Crippen MR) is 142 cm³/mol. The number of likely N-dealkylation sites (tertiary alicyclic amines) is 1. The second kappa shape index (κ2) is 9.50. The van der Waals surface area contributed by atoms with E-state index in [0.717, 1.165) is 47.3 Å². The van der Waals surface area contributed by atoms with Gasteiger partial charge in [-0.25, -0.2) is 0 Å². The van der Waals surface area contributed by atoms with Crippen LogP contribution in [0.5, 0.6) is 0 Å². The second-order valence-corrected chi connectivity index (χ2v) is 11.4. The van der Waals surface area contributed by atoms with Crippen LogP contribution in [0, 0.1) is 0 Å². The van der Waals surface area contributed by atoms with E-state index in [1.54, 1.807) is 6.07 Å². The van der Waals surface area contributed by atoms with E-state index in [4.69, 9.17) is 39.2 Å². The highest BCUT2D eigenvalue weighted by atomic mass is 35.5. The molecule has 0 saturated carbocycles. The molecule has 35 heavy (non-hydrogen) atoms. The van der Waals surface area contributed by atoms with E-state index in [9.17, 15) is 4.79 Å². The van der Waals surface area contributed by atoms with E-state index in [1.807, 2.05) is 28.8 Å². The number of nitrogens with zero attached hydrogens (tertiary/aromatic N) is 3. The van der Waals surface area contributed by atoms with Crippen LogP contribution in [0.15, 0.2) is 34.9 Å². The number of carbonyl (C=O) groups excluding carboxylic acids is 1. The molecule has 1 aliphatic rings. The van der Waals surface area contributed by atoms with Crippen LogP contribution in [0.4, 0.5) is 5.69 Å². The summed E-state index contributed by atoms with van der Waals surface area (Å²) in [5.41, 5.74) is 15.5. The molecule has 3 aromatic heterocycles. The number of halogens is 2. The van der Waals surface area contributed by atoms with Crippen molar-refractivity contribution in [2.75, 3.05) is 18.8 Å². The minimum atomic E-state index is -0.495. The molecule has 0 atom stereocenters. The third-order valence-electron chi connectivity index (χ3n) is 6.83. The summed E-state index contributed by atoms with van der Waals surface area (Å²) in [4.78, 5) is 16.2. The fraction of sp³-hybridized carbons (Fsp3) is 0.360. The van der Waals surface area contributed by atoms with Gasteiger partial charge in [-0.1, -0.05) is 28.4 Å². The lowest BCUT2D eigenvalue weighted by Crippen LogP contribution is -2.38. The van der Waals surface area contributed by atoms with Crippen LogP contribution in [0.3, 0.4) is 0 Å². The van der Waals surface area contributed by atoms with Gasteiger partial charge >= 0.3 is 0 Å². The minimum Gasteiger partial charge on any atom is -0.398 e. The van der Waals surface area contributed by atoms with Crippen molar-refractivity contribution in [3.8, 4) is 10.6 Å². The highest BCUT2D eigenvalue weighted by Gasteiger charge is 2.32. The zero-order valence-corrected chi connectivity index (χ0v) is 21.9. The predicted octanol–water partition coefficient (Wildman–Crippen LogP) is 5.98. The summed E-state index contributed by atoms with van der Waals surface area (Å²) in [6.45, 7) is 6.61. The monoisotopic (exact) mass is 531 g/mol. The van der Waals surface area contributed by atoms with E-state index < -0.39 is 5.91 Å². The molecule has 4 heterocycles. The van der Waals surface area contributed by atoms with Crippen molar-refractivity contribution in [2.45, 2.75) is 45.2 Å². The van der Waals surface area contributed by atoms with Gasteiger partial charge in [0.1, 0.15) is 11.4 Å². The molecule has 7 nitrogen and oxygen atoms in total. The van der Waals surface area contributed by atoms with Gasteiger partial charge in [-0.05, 0) is 75.5 Å². The highest BCUT2D eigenvalue weighted by molar-refractivity contribution is 7.19. The van der Waals surface area contributed by atoms with Crippen LogP contribution in [-0.4, -0.2) is 39.7 Å². The number of carbonyl (C=O) groups is 1. The van der Waals surface area contributed by atoms with Crippen molar-refractivity contribution in [2.24, 2.45) is 5.73 Å². The Morgan fingerprint density at radius 2 is 1.97 bits per heavy atom. The number of nitrogens with two attached hydrogens (primary N) is 2. The molecule has 1 aliphatic heterocycles. The van der Waals surface area contributed by atoms with Crippen molar-refractivity contribution < 1.29 is 9.32 Å². The Bertz CT molecular complexity index is 1400. The molecular formula is C25H27Cl2N5O2S. The number of hydrogen-bond donors (Lipinski definition) is 2. The van der Waals surface area contributed by atoms with Crippen molar-refractivity contribution in [3.63, 3.8) is 0 Å². The first-order valence-corrected chi connectivity index (χ1v) is 13.2. The maximum absolute atomic E-state index is 12.9. The van der Waals surface area contributed by atoms with Crippen molar-refractivity contribution in [1.82, 2.24) is 14.6 Å². The van der Waals surface area contributed by atoms with Gasteiger partial charge in [-0.15, -0.1) is 11.3 Å². The van der Waals surface area contributed by atoms with Crippen LogP contribution in [-0.2, 0) is 6.54 Å². The van der Waals surface area contributed by atoms with Crippen LogP contribution in [0.1, 0.15) is 54.4 Å². The Morgan fingerprint density at radius 1 is 1.23 bits per heavy atom. The fourth-order valence-corrected chi connectivity index (χ4v) is 6.34. The lowest BCUT2D eigenvalue weighted by molar-refractivity contribution is 0.0989. The number of fused-ring (bicyclic) bond motifs is 1. The zero-order chi connectivity index (χ0) is 24.9. The Labute approximate surface area is 217 Å². The van der Waals surface area contributed by atoms with Crippen LogP contribution in [0.25, 0.3) is 21.5 Å². The van der Waals surface area contributed by atoms with Gasteiger partial charge < -0.3 is 25.5 Å². The van der Waals surface area contributed by atoms with Crippen molar-refractivity contribution >= 4 is 57.0 Å². The molecule has 5 rings (SSSR count). The van der Waals surface area contributed by atoms with Gasteiger partial charge in [0.2, 0.25) is 0 Å². The first kappa shape index (κ1) is 24.2. The molecule has 0 aliphatic carbocycles. The number of benzene rings is 1. The van der Waals surface area contributed by atoms with E-state index in [1.165, 1.54) is 11.3 Å². The summed E-state index contributed by atoms with van der Waals surface area (Å²) in [5, 5.41) is 5.51. The van der Waals surface area contributed by atoms with Gasteiger partial charge in [0.15, 0.2) is 5.76 Å². The number of nitrogen functional groups attached to an aromatic ring is 1. The molecule has 4 N–H and O–H groups in total. The standard InChI is InChI=1S/C25H27Cl2N5O2S/c1-13(2)31-9-7-14(8-10-31)21-22-17(4-3-16(28)23(22)27)32(24(21)25(29)33)12-15-11-18(34-30-15)19-5-6-20(26)35-19/h3-6,11,13-14H,7-10,12,28H2,1-2H3,(H2,29,33). The summed E-state index contributed by atoms with van der Waals surface area (Å²) >= 11 is 14.3. The largest absolute Gasteiger partial charge is 0.398 e. The molecule has 1 amide bonds. The molecule has 1 aromatic carbocycles. The Kier molecular flexibility index (Phi) is 6.57. The maximum Gasteiger partial charge on any atom is 0.265 e. The van der Waals surface area contributed by atoms with Crippen molar-refractivity contribution in [1.29, 1.82) is 0 Å². The summed E-state index contributed by atoms with van der Waals surface area (Å²) in [6, 6.07) is 9.71. The molecule has 0 unspecified atom stereocenters. The third-order valence-corrected chi connectivity index (χ3v) is 8.48. The lowest BCUT2D eigenvalue weighted by Gasteiger charge is -2.35. The highest BCUT2D eigenvalue weighted by Crippen LogP contribution is 2.43. The SMILES string of the molecule is CC(C)N1CCC(c2c(C(N)=O)n(Cc3cc(-c4ccc(Cl)s4)on3)c3ccc(N)c(Cl)c23)CC1. The Morgan fingerprint density at radius 3 is 2.60 bits per heavy atom. The fourth-order valence-electron chi connectivity index (χ4n) is 5.09. The average molecular weight is 532 g/mol. The number of anilines is 1. The summed E-state index contributed by atoms with van der Waals surface area (Å²) < 4.78 is 8.14. The average Bonchev–Trinajstić information content (AvgIpc) is 3.54. The lowest BCUT2D eigenvalue weighted by atomic mass is 9.86. The van der Waals surface area contributed by atoms with Gasteiger partial charge in [0.25, 0.3) is 5.91 Å². The van der Waals surface area contributed by atoms with E-state index in [0.29, 0.717) is 44.8 Å². The molecule has 1 saturated heterocycles. The molecule has 0 spiro atoms. The molecule has 1 fully saturated rings. The Balaban J connectivity index is 1.60. The van der Waals surface area contributed by atoms with E-state index in [-0.39, 0.29) is 5.92 Å². The summed E-state index contributed by atoms with van der Waals surface area (Å²) in [5.74, 6) is 0.278. The maximum atomic E-state index is 12.9. The van der Waals surface area contributed by atoms with E-state index >= 15 is 0 Å². The van der Waals surface area contributed by atoms with Crippen LogP contribution in [0.2, 0.25) is 9.36 Å². The molecule has 10 heteroatoms. The molecule has 0 radical (unpaired) electrons. The number of primary amides is 1. The third kappa shape index (κ3) is 4.44. The van der Waals surface area contributed by atoms with Crippen LogP contribution >= 0.6 is 34.5 Å². The minimum absolute atomic E-state index is 0.150. The number of hydrogen-bond acceptors (Lipinski definition) is 6. The topological polar surface area (TPSA) is 103 Å². The van der Waals surface area contributed by atoms with Crippen molar-refractivity contribution in [3.05, 3.63) is 56.6 Å². The smallest absolute Gasteiger partial charge is 0.265 e. The molecule has 4 aromatic rings. The van der Waals surface area contributed by atoms with Gasteiger partial charge in [-0.2, -0.15) is 0 Å². The zero-order valence-electron chi connectivity index (χ0n) is 19.6. The normalized spacial score (nSPS) is 15.5. The number of rotatable bonds is 6. The van der Waals surface area contributed by atoms with Gasteiger partial charge in [-0.3, -0.25) is 4.79 Å². The van der Waals surface area contributed by atoms with Gasteiger partial charge in [0, 0.05) is 17.5 Å². The first-order chi connectivity index (χ1) is 16.7. The molecule has 0 bridgehead atoms.